The van der Waals surface area contributed by atoms with E-state index >= 15 is 0 Å². The van der Waals surface area contributed by atoms with Gasteiger partial charge in [0.1, 0.15) is 0 Å². The average molecular weight is 381 g/mol. The van der Waals surface area contributed by atoms with Gasteiger partial charge in [-0.2, -0.15) is 0 Å². The summed E-state index contributed by atoms with van der Waals surface area (Å²) < 4.78 is 10.7. The Morgan fingerprint density at radius 1 is 0.750 bits per heavy atom. The fourth-order valence-corrected chi connectivity index (χ4v) is 3.83. The fraction of sp³-hybridized carbons (Fsp3) is 0.391. The van der Waals surface area contributed by atoms with Crippen molar-refractivity contribution in [1.82, 2.24) is 0 Å². The molecule has 2 amide bonds. The van der Waals surface area contributed by atoms with Crippen molar-refractivity contribution in [2.45, 2.75) is 45.8 Å². The highest BCUT2D eigenvalue weighted by atomic mass is 16.7. The zero-order chi connectivity index (χ0) is 20.6. The van der Waals surface area contributed by atoms with Crippen LogP contribution in [0.2, 0.25) is 0 Å². The number of nitrogens with zero attached hydrogens (tertiary/aromatic N) is 1. The number of ether oxygens (including phenoxy) is 2. The fourth-order valence-electron chi connectivity index (χ4n) is 3.83. The first-order valence-electron chi connectivity index (χ1n) is 9.53. The van der Waals surface area contributed by atoms with Gasteiger partial charge in [0.25, 0.3) is 11.8 Å². The summed E-state index contributed by atoms with van der Waals surface area (Å²) in [6, 6.07) is 11.2. The van der Waals surface area contributed by atoms with Crippen molar-refractivity contribution in [3.63, 3.8) is 0 Å². The van der Waals surface area contributed by atoms with Crippen LogP contribution in [0.4, 0.5) is 5.69 Å². The Morgan fingerprint density at radius 2 is 1.25 bits per heavy atom. The molecule has 1 aliphatic rings. The molecule has 28 heavy (non-hydrogen) atoms. The van der Waals surface area contributed by atoms with E-state index in [1.807, 2.05) is 18.2 Å². The van der Waals surface area contributed by atoms with E-state index in [1.54, 1.807) is 18.2 Å². The number of methoxy groups -OCH3 is 2. The summed E-state index contributed by atoms with van der Waals surface area (Å²) in [5, 5.41) is 0. The summed E-state index contributed by atoms with van der Waals surface area (Å²) in [6.07, 6.45) is -0.712. The van der Waals surface area contributed by atoms with Crippen LogP contribution in [0.3, 0.4) is 0 Å². The summed E-state index contributed by atoms with van der Waals surface area (Å²) in [7, 11) is 3.02. The molecule has 1 heterocycles. The molecule has 0 fully saturated rings. The standard InChI is InChI=1S/C23H27NO4/c1-13(2)15-9-7-10-16(14(3)4)20(15)24-21(25)17-11-8-12-18(19(17)22(24)26)23(27-5)28-6/h7-14,23H,1-6H3. The molecule has 1 aliphatic heterocycles. The first-order chi connectivity index (χ1) is 13.3. The lowest BCUT2D eigenvalue weighted by molar-refractivity contribution is -0.106. The Balaban J connectivity index is 2.23. The maximum absolute atomic E-state index is 13.5. The molecule has 0 N–H and O–H groups in total. The first kappa shape index (κ1) is 20.2. The molecular formula is C23H27NO4. The van der Waals surface area contributed by atoms with Gasteiger partial charge in [-0.15, -0.1) is 0 Å². The number of rotatable bonds is 6. The highest BCUT2D eigenvalue weighted by Crippen LogP contribution is 2.41. The number of anilines is 1. The normalized spacial score (nSPS) is 14.0. The monoisotopic (exact) mass is 381 g/mol. The predicted octanol–water partition coefficient (Wildman–Crippen LogP) is 5.03. The lowest BCUT2D eigenvalue weighted by Gasteiger charge is -2.25. The molecule has 0 aromatic heterocycles. The van der Waals surface area contributed by atoms with Gasteiger partial charge >= 0.3 is 0 Å². The molecule has 0 unspecified atom stereocenters. The molecule has 5 heteroatoms. The second-order valence-electron chi connectivity index (χ2n) is 7.61. The highest BCUT2D eigenvalue weighted by Gasteiger charge is 2.41. The van der Waals surface area contributed by atoms with Gasteiger partial charge in [-0.25, -0.2) is 4.90 Å². The van der Waals surface area contributed by atoms with Gasteiger partial charge in [0.2, 0.25) is 0 Å². The number of amides is 2. The number of hydrogen-bond donors (Lipinski definition) is 0. The van der Waals surface area contributed by atoms with Gasteiger partial charge in [-0.05, 0) is 29.0 Å². The van der Waals surface area contributed by atoms with Gasteiger partial charge in [-0.3, -0.25) is 9.59 Å². The van der Waals surface area contributed by atoms with E-state index in [0.717, 1.165) is 11.1 Å². The predicted molar refractivity (Wildman–Crippen MR) is 109 cm³/mol. The molecule has 2 aromatic carbocycles. The first-order valence-corrected chi connectivity index (χ1v) is 9.53. The number of fused-ring (bicyclic) bond motifs is 1. The molecular weight excluding hydrogens is 354 g/mol. The Morgan fingerprint density at radius 3 is 1.75 bits per heavy atom. The van der Waals surface area contributed by atoms with Crippen LogP contribution >= 0.6 is 0 Å². The number of imide groups is 1. The molecule has 0 atom stereocenters. The van der Waals surface area contributed by atoms with Crippen molar-refractivity contribution in [1.29, 1.82) is 0 Å². The molecule has 2 aromatic rings. The Bertz CT molecular complexity index is 887. The molecule has 5 nitrogen and oxygen atoms in total. The zero-order valence-electron chi connectivity index (χ0n) is 17.3. The van der Waals surface area contributed by atoms with Crippen LogP contribution in [0.5, 0.6) is 0 Å². The van der Waals surface area contributed by atoms with E-state index in [9.17, 15) is 9.59 Å². The highest BCUT2D eigenvalue weighted by molar-refractivity contribution is 6.35. The second-order valence-corrected chi connectivity index (χ2v) is 7.61. The Labute approximate surface area is 166 Å². The molecule has 0 spiro atoms. The van der Waals surface area contributed by atoms with Crippen molar-refractivity contribution in [2.24, 2.45) is 0 Å². The molecule has 0 radical (unpaired) electrons. The lowest BCUT2D eigenvalue weighted by Crippen LogP contribution is -2.32. The average Bonchev–Trinajstić information content (AvgIpc) is 2.93. The van der Waals surface area contributed by atoms with E-state index in [4.69, 9.17) is 9.47 Å². The minimum absolute atomic E-state index is 0.170. The van der Waals surface area contributed by atoms with Crippen molar-refractivity contribution >= 4 is 17.5 Å². The van der Waals surface area contributed by atoms with E-state index in [1.165, 1.54) is 19.1 Å². The summed E-state index contributed by atoms with van der Waals surface area (Å²) in [6.45, 7) is 8.27. The van der Waals surface area contributed by atoms with Crippen LogP contribution in [0, 0.1) is 0 Å². The molecule has 0 aliphatic carbocycles. The summed E-state index contributed by atoms with van der Waals surface area (Å²) in [4.78, 5) is 28.2. The number of carbonyl (C=O) groups is 2. The van der Waals surface area contributed by atoms with Crippen molar-refractivity contribution in [2.75, 3.05) is 19.1 Å². The van der Waals surface area contributed by atoms with Crippen LogP contribution in [-0.4, -0.2) is 26.0 Å². The second kappa shape index (κ2) is 7.86. The molecule has 0 saturated carbocycles. The van der Waals surface area contributed by atoms with Crippen molar-refractivity contribution in [3.8, 4) is 0 Å². The zero-order valence-corrected chi connectivity index (χ0v) is 17.3. The summed E-state index contributed by atoms with van der Waals surface area (Å²) in [5.41, 5.74) is 3.98. The van der Waals surface area contributed by atoms with Crippen LogP contribution < -0.4 is 4.90 Å². The van der Waals surface area contributed by atoms with Gasteiger partial charge in [0.05, 0.1) is 16.8 Å². The summed E-state index contributed by atoms with van der Waals surface area (Å²) >= 11 is 0. The number of para-hydroxylation sites is 1. The largest absolute Gasteiger partial charge is 0.352 e. The number of benzene rings is 2. The third kappa shape index (κ3) is 3.15. The molecule has 3 rings (SSSR count). The SMILES string of the molecule is COC(OC)c1cccc2c1C(=O)N(c1c(C(C)C)cccc1C(C)C)C2=O. The van der Waals surface area contributed by atoms with Gasteiger partial charge in [-0.1, -0.05) is 58.0 Å². The molecule has 0 bridgehead atoms. The van der Waals surface area contributed by atoms with E-state index in [-0.39, 0.29) is 23.7 Å². The quantitative estimate of drug-likeness (QED) is 0.520. The van der Waals surface area contributed by atoms with Gasteiger partial charge < -0.3 is 9.47 Å². The Hall–Kier alpha value is -2.50. The third-order valence-corrected chi connectivity index (χ3v) is 5.20. The minimum Gasteiger partial charge on any atom is -0.352 e. The topological polar surface area (TPSA) is 55.8 Å². The van der Waals surface area contributed by atoms with Gasteiger partial charge in [0.15, 0.2) is 6.29 Å². The molecule has 148 valence electrons. The van der Waals surface area contributed by atoms with Crippen LogP contribution in [0.25, 0.3) is 0 Å². The van der Waals surface area contributed by atoms with E-state index in [0.29, 0.717) is 22.4 Å². The van der Waals surface area contributed by atoms with Gasteiger partial charge in [0, 0.05) is 19.8 Å². The molecule has 0 saturated heterocycles. The number of carbonyl (C=O) groups excluding carboxylic acids is 2. The van der Waals surface area contributed by atoms with Crippen LogP contribution in [-0.2, 0) is 9.47 Å². The maximum Gasteiger partial charge on any atom is 0.266 e. The summed E-state index contributed by atoms with van der Waals surface area (Å²) in [5.74, 6) is -0.293. The minimum atomic E-state index is -0.712. The Kier molecular flexibility index (Phi) is 5.68. The van der Waals surface area contributed by atoms with Crippen LogP contribution in [0.15, 0.2) is 36.4 Å². The maximum atomic E-state index is 13.5. The van der Waals surface area contributed by atoms with Crippen molar-refractivity contribution in [3.05, 3.63) is 64.2 Å². The van der Waals surface area contributed by atoms with Crippen molar-refractivity contribution < 1.29 is 19.1 Å². The smallest absolute Gasteiger partial charge is 0.266 e. The van der Waals surface area contributed by atoms with E-state index in [2.05, 4.69) is 27.7 Å². The van der Waals surface area contributed by atoms with Crippen LogP contribution in [0.1, 0.15) is 83.2 Å². The number of hydrogen-bond acceptors (Lipinski definition) is 4. The third-order valence-electron chi connectivity index (χ3n) is 5.20. The van der Waals surface area contributed by atoms with E-state index < -0.39 is 6.29 Å². The lowest BCUT2D eigenvalue weighted by atomic mass is 9.92.